The fraction of sp³-hybridized carbons (Fsp3) is 0. The average Bonchev–Trinajstić information content (AvgIpc) is 1.53. The molecule has 0 N–H and O–H groups in total. The Bertz CT molecular complexity index is 9310. The van der Waals surface area contributed by atoms with Crippen molar-refractivity contribution in [3.63, 3.8) is 0 Å². The van der Waals surface area contributed by atoms with Crippen molar-refractivity contribution in [2.45, 2.75) is 0 Å². The molecule has 622 valence electrons. The SMILES string of the molecule is c1cc(-c2ccc(-c3nc4ccccc4c4c3sc3ccccc34)cc2)cc(-n2c3ccccc3c3ccccc32)c1.c1ccc(-n2c3ccccc3c3ccc4c5ccccc5n(-c5ccc(-c6nc7ccccc7c7c6sc6ccccc67)cc5)c4c32)cc1.c1ccc([Si](c2ccccc2)(c2ccccc2)c2cccc(-c3ccc4c(cnc5sc6ccccc6c54)c3)c2)cc1. The summed E-state index contributed by atoms with van der Waals surface area (Å²) in [6, 6.07) is 170. The van der Waals surface area contributed by atoms with E-state index in [-0.39, 0.29) is 0 Å². The van der Waals surface area contributed by atoms with E-state index in [0.717, 1.165) is 55.4 Å². The van der Waals surface area contributed by atoms with Gasteiger partial charge >= 0.3 is 0 Å². The monoisotopic (exact) mass is 1760 g/mol. The number of benzene rings is 19. The maximum Gasteiger partial charge on any atom is 0.179 e. The van der Waals surface area contributed by atoms with Crippen LogP contribution >= 0.6 is 34.0 Å². The lowest BCUT2D eigenvalue weighted by molar-refractivity contribution is 1.15. The van der Waals surface area contributed by atoms with Crippen molar-refractivity contribution in [1.29, 1.82) is 0 Å². The van der Waals surface area contributed by atoms with E-state index in [1.165, 1.54) is 186 Å². The Morgan fingerprint density at radius 2 is 0.556 bits per heavy atom. The second-order valence-corrected chi connectivity index (χ2v) is 41.2. The summed E-state index contributed by atoms with van der Waals surface area (Å²) >= 11 is 5.44. The van der Waals surface area contributed by atoms with Gasteiger partial charge in [0.1, 0.15) is 4.83 Å². The van der Waals surface area contributed by atoms with Crippen molar-refractivity contribution in [1.82, 2.24) is 28.7 Å². The smallest absolute Gasteiger partial charge is 0.179 e. The Labute approximate surface area is 779 Å². The van der Waals surface area contributed by atoms with E-state index in [0.29, 0.717) is 0 Å². The molecule has 19 aromatic carbocycles. The van der Waals surface area contributed by atoms with Gasteiger partial charge in [0.15, 0.2) is 8.07 Å². The highest BCUT2D eigenvalue weighted by atomic mass is 32.1. The second kappa shape index (κ2) is 32.1. The van der Waals surface area contributed by atoms with E-state index in [9.17, 15) is 0 Å². The van der Waals surface area contributed by atoms with Gasteiger partial charge < -0.3 is 13.7 Å². The summed E-state index contributed by atoms with van der Waals surface area (Å²) in [4.78, 5) is 16.4. The van der Waals surface area contributed by atoms with Crippen molar-refractivity contribution in [3.05, 3.63) is 473 Å². The molecule has 0 amide bonds. The largest absolute Gasteiger partial charge is 0.309 e. The van der Waals surface area contributed by atoms with E-state index in [1.807, 2.05) is 28.9 Å². The van der Waals surface area contributed by atoms with Crippen molar-refractivity contribution in [2.75, 3.05) is 0 Å². The minimum atomic E-state index is -2.59. The predicted octanol–water partition coefficient (Wildman–Crippen LogP) is 31.1. The Balaban J connectivity index is 0.000000105. The van der Waals surface area contributed by atoms with Gasteiger partial charge in [-0.2, -0.15) is 0 Å². The van der Waals surface area contributed by atoms with Gasteiger partial charge in [-0.1, -0.05) is 370 Å². The van der Waals surface area contributed by atoms with Gasteiger partial charge in [-0.15, -0.1) is 34.0 Å². The summed E-state index contributed by atoms with van der Waals surface area (Å²) in [5, 5.41) is 25.7. The van der Waals surface area contributed by atoms with Gasteiger partial charge in [0.05, 0.1) is 64.9 Å². The summed E-state index contributed by atoms with van der Waals surface area (Å²) in [6.45, 7) is 0. The first-order valence-electron chi connectivity index (χ1n) is 45.2. The van der Waals surface area contributed by atoms with Crippen LogP contribution < -0.4 is 20.7 Å². The van der Waals surface area contributed by atoms with E-state index in [2.05, 4.69) is 481 Å². The van der Waals surface area contributed by atoms with Gasteiger partial charge in [-0.25, -0.2) is 15.0 Å². The molecule has 0 fully saturated rings. The highest BCUT2D eigenvalue weighted by Gasteiger charge is 2.42. The third kappa shape index (κ3) is 12.8. The third-order valence-corrected chi connectivity index (χ3v) is 35.2. The standard InChI is InChI=1S/C45H27N3S.C39H24N2S.C39H27NSSi/c1-2-12-29(13-3-1)47-38-19-9-5-14-31(38)33-26-27-34-32-15-6-10-20-39(32)48(44(34)43(33)47)30-24-22-28(23-25-30)42-45-41(35-16-4-8-18-37(35)46-42)36-17-7-11-21-40(36)49-45;1-5-16-33-31(14-1)37-32-15-4-8-19-36(32)42-39(37)38(40-33)26-22-20-25(21-23-26)27-10-9-11-28(24-27)41-34-17-6-2-12-29(34)30-13-3-7-18-35(30)41;1-4-14-31(15-5-1)42(32-16-6-2-7-17-32,33-18-8-3-9-19-33)34-20-12-13-28(26-34)29-23-24-35-30(25-29)27-40-39-38(35)36-21-10-11-22-37(36)41-39/h1-27H;1-24H;1-27H. The molecule has 0 aliphatic carbocycles. The number of nitrogens with zero attached hydrogens (tertiary/aromatic N) is 6. The number of aromatic nitrogens is 6. The maximum absolute atomic E-state index is 5.27. The summed E-state index contributed by atoms with van der Waals surface area (Å²) < 4.78 is 13.6. The normalized spacial score (nSPS) is 11.9. The van der Waals surface area contributed by atoms with Crippen LogP contribution in [0.3, 0.4) is 0 Å². The van der Waals surface area contributed by atoms with Crippen LogP contribution in [0.5, 0.6) is 0 Å². The molecule has 0 spiro atoms. The van der Waals surface area contributed by atoms with Crippen molar-refractivity contribution >= 4 is 221 Å². The second-order valence-electron chi connectivity index (χ2n) is 34.3. The van der Waals surface area contributed by atoms with Crippen LogP contribution in [0.25, 0.3) is 220 Å². The molecule has 0 saturated carbocycles. The quantitative estimate of drug-likeness (QED) is 0.0958. The van der Waals surface area contributed by atoms with Crippen LogP contribution in [0.15, 0.2) is 473 Å². The van der Waals surface area contributed by atoms with Crippen LogP contribution in [0.1, 0.15) is 0 Å². The molecule has 0 unspecified atom stereocenters. The summed E-state index contributed by atoms with van der Waals surface area (Å²) in [6.07, 6.45) is 2.04. The lowest BCUT2D eigenvalue weighted by atomic mass is 10.00. The first-order valence-corrected chi connectivity index (χ1v) is 49.6. The summed E-state index contributed by atoms with van der Waals surface area (Å²) in [7, 11) is -2.59. The molecule has 9 heterocycles. The molecule has 28 rings (SSSR count). The zero-order chi connectivity index (χ0) is 87.6. The van der Waals surface area contributed by atoms with Gasteiger partial charge in [0.25, 0.3) is 0 Å². The number of para-hydroxylation sites is 7. The van der Waals surface area contributed by atoms with E-state index < -0.39 is 8.07 Å². The van der Waals surface area contributed by atoms with Crippen molar-refractivity contribution in [3.8, 4) is 61.8 Å². The zero-order valence-electron chi connectivity index (χ0n) is 71.9. The minimum absolute atomic E-state index is 1.02. The molecular weight excluding hydrogens is 1690 g/mol. The molecule has 0 aliphatic rings. The number of hydrogen-bond donors (Lipinski definition) is 0. The molecule has 28 aromatic rings. The van der Waals surface area contributed by atoms with Crippen LogP contribution in [-0.2, 0) is 0 Å². The lowest BCUT2D eigenvalue weighted by Gasteiger charge is -2.34. The van der Waals surface area contributed by atoms with Crippen LogP contribution in [0, 0.1) is 0 Å². The molecule has 10 heteroatoms. The lowest BCUT2D eigenvalue weighted by Crippen LogP contribution is -2.74. The number of pyridine rings is 3. The van der Waals surface area contributed by atoms with Crippen LogP contribution in [0.2, 0.25) is 0 Å². The van der Waals surface area contributed by atoms with Gasteiger partial charge in [-0.3, -0.25) is 0 Å². The van der Waals surface area contributed by atoms with Crippen molar-refractivity contribution < 1.29 is 0 Å². The fourth-order valence-corrected chi connectivity index (χ4v) is 29.4. The molecule has 0 aliphatic heterocycles. The molecule has 0 atom stereocenters. The molecule has 9 aromatic heterocycles. The van der Waals surface area contributed by atoms with E-state index >= 15 is 0 Å². The minimum Gasteiger partial charge on any atom is -0.309 e. The first-order chi connectivity index (χ1) is 66.0. The molecule has 0 radical (unpaired) electrons. The highest BCUT2D eigenvalue weighted by Crippen LogP contribution is 2.48. The molecule has 133 heavy (non-hydrogen) atoms. The Morgan fingerprint density at radius 3 is 1.06 bits per heavy atom. The van der Waals surface area contributed by atoms with E-state index in [4.69, 9.17) is 15.0 Å². The van der Waals surface area contributed by atoms with Gasteiger partial charge in [0.2, 0.25) is 0 Å². The van der Waals surface area contributed by atoms with Crippen LogP contribution in [0.4, 0.5) is 0 Å². The van der Waals surface area contributed by atoms with Crippen LogP contribution in [-0.4, -0.2) is 36.7 Å². The fourth-order valence-electron chi connectivity index (χ4n) is 21.1. The Kier molecular flexibility index (Phi) is 18.8. The van der Waals surface area contributed by atoms with E-state index in [1.54, 1.807) is 11.3 Å². The number of fused-ring (bicyclic) bond motifs is 25. The Hall–Kier alpha value is -16.3. The number of rotatable bonds is 11. The zero-order valence-corrected chi connectivity index (χ0v) is 75.4. The number of hydrogen-bond acceptors (Lipinski definition) is 6. The predicted molar refractivity (Wildman–Crippen MR) is 572 cm³/mol. The molecule has 0 bridgehead atoms. The van der Waals surface area contributed by atoms with Crippen molar-refractivity contribution in [2.24, 2.45) is 0 Å². The summed E-state index contributed by atoms with van der Waals surface area (Å²) in [5.41, 5.74) is 21.9. The maximum atomic E-state index is 5.27. The molecule has 6 nitrogen and oxygen atoms in total. The average molecular weight is 1760 g/mol. The topological polar surface area (TPSA) is 53.5 Å². The molecule has 0 saturated heterocycles. The third-order valence-electron chi connectivity index (χ3n) is 27.0. The van der Waals surface area contributed by atoms with Gasteiger partial charge in [-0.05, 0) is 145 Å². The number of thiophene rings is 3. The highest BCUT2D eigenvalue weighted by molar-refractivity contribution is 7.27. The Morgan fingerprint density at radius 1 is 0.211 bits per heavy atom. The molecular formula is C123H78N6S3Si. The first kappa shape index (κ1) is 77.8. The van der Waals surface area contributed by atoms with Gasteiger partial charge in [0, 0.05) is 129 Å². The summed E-state index contributed by atoms with van der Waals surface area (Å²) in [5.74, 6) is 0.